The van der Waals surface area contributed by atoms with Gasteiger partial charge in [0.15, 0.2) is 0 Å². The van der Waals surface area contributed by atoms with E-state index in [1.165, 1.54) is 19.3 Å². The number of carbonyl (C=O) groups is 1. The van der Waals surface area contributed by atoms with E-state index in [4.69, 9.17) is 0 Å². The van der Waals surface area contributed by atoms with Crippen LogP contribution in [0.4, 0.5) is 5.69 Å². The van der Waals surface area contributed by atoms with Gasteiger partial charge in [-0.05, 0) is 36.5 Å². The van der Waals surface area contributed by atoms with Crippen LogP contribution in [0.3, 0.4) is 0 Å². The molecule has 1 aliphatic carbocycles. The number of likely N-dealkylation sites (tertiary alicyclic amines) is 1. The maximum absolute atomic E-state index is 13.7. The molecule has 1 N–H and O–H groups in total. The molecule has 1 saturated heterocycles. The summed E-state index contributed by atoms with van der Waals surface area (Å²) in [6, 6.07) is 18.7. The van der Waals surface area contributed by atoms with E-state index in [1.54, 1.807) is 0 Å². The fourth-order valence-electron chi connectivity index (χ4n) is 5.87. The molecule has 28 heavy (non-hydrogen) atoms. The third-order valence-electron chi connectivity index (χ3n) is 7.30. The molecule has 2 aromatic rings. The first-order chi connectivity index (χ1) is 13.6. The quantitative estimate of drug-likeness (QED) is 0.892. The van der Waals surface area contributed by atoms with Crippen LogP contribution in [0.25, 0.3) is 0 Å². The number of hydrogen-bond acceptors (Lipinski definition) is 3. The lowest BCUT2D eigenvalue weighted by Gasteiger charge is -2.37. The van der Waals surface area contributed by atoms with Gasteiger partial charge in [0.05, 0.1) is 5.41 Å². The Hall–Kier alpha value is -2.33. The van der Waals surface area contributed by atoms with Crippen molar-refractivity contribution in [1.82, 2.24) is 4.90 Å². The van der Waals surface area contributed by atoms with Crippen molar-refractivity contribution >= 4 is 11.6 Å². The minimum absolute atomic E-state index is 0.117. The highest BCUT2D eigenvalue weighted by Crippen LogP contribution is 2.56. The summed E-state index contributed by atoms with van der Waals surface area (Å²) in [5.41, 5.74) is 1.05. The van der Waals surface area contributed by atoms with Crippen molar-refractivity contribution in [2.75, 3.05) is 18.5 Å². The number of benzene rings is 2. The van der Waals surface area contributed by atoms with Gasteiger partial charge in [-0.1, -0.05) is 67.8 Å². The van der Waals surface area contributed by atoms with E-state index in [2.05, 4.69) is 18.2 Å². The molecule has 1 saturated carbocycles. The fourth-order valence-corrected chi connectivity index (χ4v) is 5.87. The second kappa shape index (κ2) is 6.35. The fraction of sp³-hybridized carbons (Fsp3) is 0.458. The molecule has 2 atom stereocenters. The van der Waals surface area contributed by atoms with Crippen LogP contribution in [-0.4, -0.2) is 41.3 Å². The van der Waals surface area contributed by atoms with Gasteiger partial charge in [0.25, 0.3) is 5.91 Å². The Labute approximate surface area is 166 Å². The van der Waals surface area contributed by atoms with Crippen molar-refractivity contribution in [1.29, 1.82) is 0 Å². The van der Waals surface area contributed by atoms with E-state index in [-0.39, 0.29) is 11.9 Å². The van der Waals surface area contributed by atoms with E-state index in [0.717, 1.165) is 29.7 Å². The molecule has 2 aliphatic heterocycles. The molecule has 4 heteroatoms. The number of amides is 1. The van der Waals surface area contributed by atoms with Crippen molar-refractivity contribution in [2.24, 2.45) is 0 Å². The second-order valence-electron chi connectivity index (χ2n) is 8.72. The zero-order valence-electron chi connectivity index (χ0n) is 16.5. The van der Waals surface area contributed by atoms with Crippen molar-refractivity contribution < 1.29 is 9.90 Å². The lowest BCUT2D eigenvalue weighted by atomic mass is 9.71. The van der Waals surface area contributed by atoms with E-state index in [9.17, 15) is 9.90 Å². The summed E-state index contributed by atoms with van der Waals surface area (Å²) in [5.74, 6) is -0.117. The first-order valence-electron chi connectivity index (χ1n) is 10.5. The Morgan fingerprint density at radius 1 is 1.00 bits per heavy atom. The van der Waals surface area contributed by atoms with Crippen LogP contribution in [0.15, 0.2) is 54.6 Å². The average molecular weight is 377 g/mol. The highest BCUT2D eigenvalue weighted by atomic mass is 16.3. The summed E-state index contributed by atoms with van der Waals surface area (Å²) in [7, 11) is 1.87. The second-order valence-corrected chi connectivity index (χ2v) is 8.72. The number of carbonyl (C=O) groups excluding carboxylic acids is 1. The molecule has 146 valence electrons. The van der Waals surface area contributed by atoms with Gasteiger partial charge in [-0.25, -0.2) is 0 Å². The number of rotatable bonds is 3. The maximum atomic E-state index is 13.7. The summed E-state index contributed by atoms with van der Waals surface area (Å²) in [6.45, 7) is 0.587. The molecule has 5 rings (SSSR count). The van der Waals surface area contributed by atoms with Crippen LogP contribution in [0.2, 0.25) is 0 Å². The third kappa shape index (κ3) is 2.24. The van der Waals surface area contributed by atoms with Crippen LogP contribution < -0.4 is 4.90 Å². The smallest absolute Gasteiger partial charge is 0.277 e. The van der Waals surface area contributed by atoms with Crippen molar-refractivity contribution in [2.45, 2.75) is 55.7 Å². The lowest BCUT2D eigenvalue weighted by molar-refractivity contribution is -0.147. The monoisotopic (exact) mass is 376 g/mol. The van der Waals surface area contributed by atoms with Gasteiger partial charge >= 0.3 is 0 Å². The molecule has 0 unspecified atom stereocenters. The Balaban J connectivity index is 1.65. The Morgan fingerprint density at radius 3 is 2.43 bits per heavy atom. The predicted octanol–water partition coefficient (Wildman–Crippen LogP) is 3.48. The number of nitrogens with zero attached hydrogens (tertiary/aromatic N) is 2. The van der Waals surface area contributed by atoms with Gasteiger partial charge in [-0.2, -0.15) is 0 Å². The van der Waals surface area contributed by atoms with Crippen molar-refractivity contribution in [3.05, 3.63) is 65.7 Å². The van der Waals surface area contributed by atoms with Gasteiger partial charge < -0.3 is 14.9 Å². The summed E-state index contributed by atoms with van der Waals surface area (Å²) in [5, 5.41) is 12.0. The molecule has 1 amide bonds. The number of anilines is 1. The summed E-state index contributed by atoms with van der Waals surface area (Å²) in [6.07, 6.45) is 6.35. The van der Waals surface area contributed by atoms with E-state index in [0.29, 0.717) is 13.0 Å². The largest absolute Gasteiger partial charge is 0.362 e. The SMILES string of the molecule is CN1c2ccccc2[C@@]2(Cc3ccccc3)CN(C3CCCCC3)C(=O)[C@]12O. The molecular weight excluding hydrogens is 348 g/mol. The molecule has 0 aromatic heterocycles. The van der Waals surface area contributed by atoms with Gasteiger partial charge in [-0.3, -0.25) is 4.79 Å². The summed E-state index contributed by atoms with van der Waals surface area (Å²) >= 11 is 0. The van der Waals surface area contributed by atoms with Crippen LogP contribution in [0.5, 0.6) is 0 Å². The Morgan fingerprint density at radius 2 is 1.68 bits per heavy atom. The van der Waals surface area contributed by atoms with Crippen LogP contribution in [-0.2, 0) is 16.6 Å². The molecule has 2 aromatic carbocycles. The number of aliphatic hydroxyl groups is 1. The van der Waals surface area contributed by atoms with Crippen molar-refractivity contribution in [3.8, 4) is 0 Å². The van der Waals surface area contributed by atoms with Gasteiger partial charge in [0, 0.05) is 25.3 Å². The third-order valence-corrected chi connectivity index (χ3v) is 7.30. The first-order valence-corrected chi connectivity index (χ1v) is 10.5. The molecule has 4 nitrogen and oxygen atoms in total. The minimum Gasteiger partial charge on any atom is -0.362 e. The number of fused-ring (bicyclic) bond motifs is 3. The standard InChI is InChI=1S/C24H28N2O2/c1-25-21-15-9-8-14-20(21)23(16-18-10-4-2-5-11-18)17-26(22(27)24(23,25)28)19-12-6-3-7-13-19/h2,4-5,8-11,14-15,19,28H,3,6-7,12-13,16-17H2,1H3/t23-,24-/m1/s1. The minimum atomic E-state index is -1.52. The zero-order chi connectivity index (χ0) is 19.4. The van der Waals surface area contributed by atoms with E-state index >= 15 is 0 Å². The van der Waals surface area contributed by atoms with E-state index < -0.39 is 11.1 Å². The molecular formula is C24H28N2O2. The number of hydrogen-bond donors (Lipinski definition) is 1. The maximum Gasteiger partial charge on any atom is 0.277 e. The Bertz CT molecular complexity index is 892. The van der Waals surface area contributed by atoms with Crippen LogP contribution >= 0.6 is 0 Å². The van der Waals surface area contributed by atoms with Gasteiger partial charge in [-0.15, -0.1) is 0 Å². The number of likely N-dealkylation sites (N-methyl/N-ethyl adjacent to an activating group) is 1. The summed E-state index contributed by atoms with van der Waals surface area (Å²) in [4.78, 5) is 17.6. The molecule has 2 fully saturated rings. The average Bonchev–Trinajstić information content (AvgIpc) is 3.08. The van der Waals surface area contributed by atoms with E-state index in [1.807, 2.05) is 53.2 Å². The first kappa shape index (κ1) is 17.7. The zero-order valence-corrected chi connectivity index (χ0v) is 16.5. The Kier molecular flexibility index (Phi) is 4.02. The highest BCUT2D eigenvalue weighted by Gasteiger charge is 2.71. The van der Waals surface area contributed by atoms with Crippen molar-refractivity contribution in [3.63, 3.8) is 0 Å². The molecule has 2 heterocycles. The predicted molar refractivity (Wildman–Crippen MR) is 110 cm³/mol. The number of para-hydroxylation sites is 1. The van der Waals surface area contributed by atoms with Gasteiger partial charge in [0.1, 0.15) is 0 Å². The molecule has 3 aliphatic rings. The normalized spacial score (nSPS) is 29.9. The molecule has 0 spiro atoms. The van der Waals surface area contributed by atoms with Crippen LogP contribution in [0, 0.1) is 0 Å². The molecule has 0 bridgehead atoms. The highest BCUT2D eigenvalue weighted by molar-refractivity contribution is 5.97. The summed E-state index contributed by atoms with van der Waals surface area (Å²) < 4.78 is 0. The van der Waals surface area contributed by atoms with Crippen LogP contribution in [0.1, 0.15) is 43.2 Å². The molecule has 0 radical (unpaired) electrons. The topological polar surface area (TPSA) is 43.8 Å². The lowest BCUT2D eigenvalue weighted by Crippen LogP contribution is -2.60. The van der Waals surface area contributed by atoms with Gasteiger partial charge in [0.2, 0.25) is 5.72 Å².